The third kappa shape index (κ3) is 2.72. The van der Waals surface area contributed by atoms with E-state index in [1.807, 2.05) is 0 Å². The van der Waals surface area contributed by atoms with Crippen molar-refractivity contribution >= 4 is 11.9 Å². The van der Waals surface area contributed by atoms with Crippen LogP contribution in [0, 0.1) is 0 Å². The summed E-state index contributed by atoms with van der Waals surface area (Å²) in [6.45, 7) is 2.33. The molecule has 0 bridgehead atoms. The van der Waals surface area contributed by atoms with E-state index in [0.29, 0.717) is 6.42 Å². The molecule has 0 aromatic carbocycles. The van der Waals surface area contributed by atoms with Gasteiger partial charge in [0, 0.05) is 19.5 Å². The fourth-order valence-electron chi connectivity index (χ4n) is 1.90. The Bertz CT molecular complexity index is 227. The number of ether oxygens (including phenoxy) is 1. The fraction of sp³-hybridized carbons (Fsp3) is 0.800. The van der Waals surface area contributed by atoms with Gasteiger partial charge < -0.3 is 9.64 Å². The average Bonchev–Trinajstić information content (AvgIpc) is 2.18. The number of carbonyl (C=O) groups is 2. The van der Waals surface area contributed by atoms with Crippen LogP contribution in [0.4, 0.5) is 0 Å². The van der Waals surface area contributed by atoms with E-state index in [1.165, 1.54) is 7.11 Å². The van der Waals surface area contributed by atoms with Gasteiger partial charge in [0.15, 0.2) is 0 Å². The number of carbonyl (C=O) groups excluding carboxylic acids is 2. The van der Waals surface area contributed by atoms with Crippen LogP contribution in [0.2, 0.25) is 0 Å². The van der Waals surface area contributed by atoms with Gasteiger partial charge in [-0.2, -0.15) is 0 Å². The molecule has 80 valence electrons. The highest BCUT2D eigenvalue weighted by atomic mass is 16.5. The molecular weight excluding hydrogens is 182 g/mol. The molecule has 0 aliphatic carbocycles. The largest absolute Gasteiger partial charge is 0.469 e. The summed E-state index contributed by atoms with van der Waals surface area (Å²) in [7, 11) is 1.38. The highest BCUT2D eigenvalue weighted by molar-refractivity contribution is 5.75. The van der Waals surface area contributed by atoms with Gasteiger partial charge in [0.1, 0.15) is 0 Å². The molecule has 14 heavy (non-hydrogen) atoms. The molecule has 0 radical (unpaired) electrons. The number of nitrogens with zero attached hydrogens (tertiary/aromatic N) is 1. The van der Waals surface area contributed by atoms with Crippen molar-refractivity contribution in [2.45, 2.75) is 38.6 Å². The van der Waals surface area contributed by atoms with Crippen LogP contribution in [-0.4, -0.2) is 36.5 Å². The predicted molar refractivity (Wildman–Crippen MR) is 51.7 cm³/mol. The number of hydrogen-bond acceptors (Lipinski definition) is 3. The van der Waals surface area contributed by atoms with Crippen molar-refractivity contribution in [3.05, 3.63) is 0 Å². The Morgan fingerprint density at radius 3 is 2.71 bits per heavy atom. The number of esters is 1. The van der Waals surface area contributed by atoms with Gasteiger partial charge in [-0.25, -0.2) is 0 Å². The maximum atomic E-state index is 11.3. The first-order valence-electron chi connectivity index (χ1n) is 4.99. The van der Waals surface area contributed by atoms with Crippen LogP contribution in [0.1, 0.15) is 32.6 Å². The summed E-state index contributed by atoms with van der Waals surface area (Å²) in [5, 5.41) is 0. The second-order valence-corrected chi connectivity index (χ2v) is 3.64. The minimum Gasteiger partial charge on any atom is -0.469 e. The molecule has 1 saturated heterocycles. The molecule has 0 aromatic rings. The minimum atomic E-state index is -0.233. The lowest BCUT2D eigenvalue weighted by molar-refractivity contribution is -0.144. The lowest BCUT2D eigenvalue weighted by Crippen LogP contribution is -2.43. The van der Waals surface area contributed by atoms with Gasteiger partial charge in [0.25, 0.3) is 0 Å². The van der Waals surface area contributed by atoms with Crippen molar-refractivity contribution in [2.75, 3.05) is 13.7 Å². The Kier molecular flexibility index (Phi) is 3.92. The molecule has 0 saturated carbocycles. The third-order valence-electron chi connectivity index (χ3n) is 2.66. The lowest BCUT2D eigenvalue weighted by atomic mass is 9.99. The summed E-state index contributed by atoms with van der Waals surface area (Å²) in [5.74, 6) is -0.179. The van der Waals surface area contributed by atoms with Crippen LogP contribution in [0.25, 0.3) is 0 Å². The van der Waals surface area contributed by atoms with Crippen molar-refractivity contribution in [3.8, 4) is 0 Å². The molecule has 0 aromatic heterocycles. The quantitative estimate of drug-likeness (QED) is 0.622. The highest BCUT2D eigenvalue weighted by Crippen LogP contribution is 2.19. The Hall–Kier alpha value is -1.06. The Morgan fingerprint density at radius 1 is 1.43 bits per heavy atom. The van der Waals surface area contributed by atoms with Crippen molar-refractivity contribution in [3.63, 3.8) is 0 Å². The second-order valence-electron chi connectivity index (χ2n) is 3.64. The number of methoxy groups -OCH3 is 1. The normalized spacial score (nSPS) is 21.9. The summed E-state index contributed by atoms with van der Waals surface area (Å²) in [5.41, 5.74) is 0. The molecule has 1 amide bonds. The Morgan fingerprint density at radius 2 is 2.14 bits per heavy atom. The van der Waals surface area contributed by atoms with Gasteiger partial charge in [-0.05, 0) is 19.3 Å². The van der Waals surface area contributed by atoms with Gasteiger partial charge in [-0.15, -0.1) is 0 Å². The van der Waals surface area contributed by atoms with Gasteiger partial charge >= 0.3 is 5.97 Å². The minimum absolute atomic E-state index is 0.0497. The topological polar surface area (TPSA) is 46.6 Å². The summed E-state index contributed by atoms with van der Waals surface area (Å²) in [6.07, 6.45) is 3.37. The van der Waals surface area contributed by atoms with Crippen molar-refractivity contribution in [1.82, 2.24) is 4.90 Å². The molecule has 1 fully saturated rings. The van der Waals surface area contributed by atoms with E-state index < -0.39 is 0 Å². The van der Waals surface area contributed by atoms with E-state index in [4.69, 9.17) is 0 Å². The third-order valence-corrected chi connectivity index (χ3v) is 2.66. The average molecular weight is 199 g/mol. The smallest absolute Gasteiger partial charge is 0.307 e. The van der Waals surface area contributed by atoms with Gasteiger partial charge in [-0.1, -0.05) is 0 Å². The predicted octanol–water partition coefficient (Wildman–Crippen LogP) is 0.950. The van der Waals surface area contributed by atoms with Crippen molar-refractivity contribution in [2.24, 2.45) is 0 Å². The zero-order valence-electron chi connectivity index (χ0n) is 8.78. The van der Waals surface area contributed by atoms with Gasteiger partial charge in [0.05, 0.1) is 13.5 Å². The van der Waals surface area contributed by atoms with E-state index in [2.05, 4.69) is 4.74 Å². The summed E-state index contributed by atoms with van der Waals surface area (Å²) in [4.78, 5) is 24.1. The lowest BCUT2D eigenvalue weighted by Gasteiger charge is -2.34. The van der Waals surface area contributed by atoms with E-state index in [0.717, 1.165) is 25.8 Å². The second kappa shape index (κ2) is 4.98. The maximum Gasteiger partial charge on any atom is 0.307 e. The standard InChI is InChI=1S/C10H17NO3/c1-8(12)11-6-4-3-5-9(11)7-10(13)14-2/h9H,3-7H2,1-2H3. The molecule has 1 atom stereocenters. The van der Waals surface area contributed by atoms with Crippen LogP contribution in [0.15, 0.2) is 0 Å². The molecule has 0 N–H and O–H groups in total. The van der Waals surface area contributed by atoms with Crippen LogP contribution in [-0.2, 0) is 14.3 Å². The van der Waals surface area contributed by atoms with Crippen LogP contribution in [0.5, 0.6) is 0 Å². The van der Waals surface area contributed by atoms with E-state index in [-0.39, 0.29) is 17.9 Å². The van der Waals surface area contributed by atoms with Gasteiger partial charge in [0.2, 0.25) is 5.91 Å². The monoisotopic (exact) mass is 199 g/mol. The van der Waals surface area contributed by atoms with Crippen molar-refractivity contribution in [1.29, 1.82) is 0 Å². The summed E-state index contributed by atoms with van der Waals surface area (Å²) < 4.78 is 4.60. The molecule has 1 rings (SSSR count). The SMILES string of the molecule is COC(=O)CC1CCCCN1C(C)=O. The van der Waals surface area contributed by atoms with Crippen LogP contribution in [0.3, 0.4) is 0 Å². The van der Waals surface area contributed by atoms with Crippen LogP contribution >= 0.6 is 0 Å². The van der Waals surface area contributed by atoms with E-state index >= 15 is 0 Å². The number of rotatable bonds is 2. The highest BCUT2D eigenvalue weighted by Gasteiger charge is 2.26. The Labute approximate surface area is 84.2 Å². The number of hydrogen-bond donors (Lipinski definition) is 0. The molecule has 1 heterocycles. The molecule has 0 spiro atoms. The molecule has 1 aliphatic rings. The summed E-state index contributed by atoms with van der Waals surface area (Å²) >= 11 is 0. The first-order valence-corrected chi connectivity index (χ1v) is 4.99. The molecule has 1 unspecified atom stereocenters. The van der Waals surface area contributed by atoms with Gasteiger partial charge in [-0.3, -0.25) is 9.59 Å². The molecule has 4 heteroatoms. The number of amides is 1. The number of likely N-dealkylation sites (tertiary alicyclic amines) is 1. The summed E-state index contributed by atoms with van der Waals surface area (Å²) in [6, 6.07) is 0.0497. The van der Waals surface area contributed by atoms with Crippen LogP contribution < -0.4 is 0 Å². The zero-order valence-corrected chi connectivity index (χ0v) is 8.78. The molecule has 4 nitrogen and oxygen atoms in total. The van der Waals surface area contributed by atoms with E-state index in [1.54, 1.807) is 11.8 Å². The molecule has 1 aliphatic heterocycles. The number of piperidine rings is 1. The van der Waals surface area contributed by atoms with E-state index in [9.17, 15) is 9.59 Å². The maximum absolute atomic E-state index is 11.3. The molecular formula is C10H17NO3. The fourth-order valence-corrected chi connectivity index (χ4v) is 1.90. The Balaban J connectivity index is 2.54. The first-order chi connectivity index (χ1) is 6.65. The first kappa shape index (κ1) is 11.0. The zero-order chi connectivity index (χ0) is 10.6. The van der Waals surface area contributed by atoms with Crippen molar-refractivity contribution < 1.29 is 14.3 Å².